The predicted molar refractivity (Wildman–Crippen MR) is 75.1 cm³/mol. The van der Waals surface area contributed by atoms with Crippen molar-refractivity contribution >= 4 is 24.6 Å². The summed E-state index contributed by atoms with van der Waals surface area (Å²) in [6, 6.07) is 0. The molecule has 126 valence electrons. The number of hydrogen-bond donors (Lipinski definition) is 3. The number of nitrogen functional groups attached to an aromatic ring is 1. The summed E-state index contributed by atoms with van der Waals surface area (Å²) >= 11 is 0. The van der Waals surface area contributed by atoms with Crippen LogP contribution in [0.1, 0.15) is 6.23 Å². The number of ether oxygens (including phenoxy) is 1. The molecular weight excluding hydrogens is 352 g/mol. The first kappa shape index (κ1) is 19.7. The molecule has 0 aromatic carbocycles. The Balaban J connectivity index is 0.00000208. The molecule has 2 aromatic rings. The Hall–Kier alpha value is -0.620. The maximum atomic E-state index is 11.1. The van der Waals surface area contributed by atoms with E-state index in [1.807, 2.05) is 0 Å². The predicted octanol–water partition coefficient (Wildman–Crippen LogP) is -4.77. The van der Waals surface area contributed by atoms with E-state index in [0.717, 1.165) is 6.66 Å². The third kappa shape index (κ3) is 3.79. The summed E-state index contributed by atoms with van der Waals surface area (Å²) in [7, 11) is -3.97. The van der Waals surface area contributed by atoms with Crippen LogP contribution in [0.3, 0.4) is 0 Å². The molecule has 2 aromatic heterocycles. The Morgan fingerprint density at radius 3 is 2.79 bits per heavy atom. The average Bonchev–Trinajstić information content (AvgIpc) is 3.01. The van der Waals surface area contributed by atoms with Crippen molar-refractivity contribution < 1.29 is 58.5 Å². The molecular formula is C11H15N5NaO6P. The smallest absolute Gasteiger partial charge is 0.779 e. The van der Waals surface area contributed by atoms with Crippen molar-refractivity contribution in [3.8, 4) is 0 Å². The summed E-state index contributed by atoms with van der Waals surface area (Å²) in [6.07, 6.45) is -2.10. The summed E-state index contributed by atoms with van der Waals surface area (Å²) in [5.74, 6) is 0.167. The Kier molecular flexibility index (Phi) is 6.01. The molecule has 11 nitrogen and oxygen atoms in total. The third-order valence-electron chi connectivity index (χ3n) is 3.47. The van der Waals surface area contributed by atoms with E-state index < -0.39 is 38.7 Å². The molecule has 3 rings (SSSR count). The molecule has 5 atom stereocenters. The van der Waals surface area contributed by atoms with Gasteiger partial charge in [0, 0.05) is 6.66 Å². The third-order valence-corrected chi connectivity index (χ3v) is 4.09. The molecule has 0 radical (unpaired) electrons. The van der Waals surface area contributed by atoms with Gasteiger partial charge in [-0.25, -0.2) is 15.0 Å². The van der Waals surface area contributed by atoms with E-state index in [9.17, 15) is 19.7 Å². The van der Waals surface area contributed by atoms with Gasteiger partial charge in [0.05, 0.1) is 12.9 Å². The zero-order valence-electron chi connectivity index (χ0n) is 13.0. The molecule has 13 heteroatoms. The monoisotopic (exact) mass is 367 g/mol. The van der Waals surface area contributed by atoms with Gasteiger partial charge < -0.3 is 34.7 Å². The molecule has 1 unspecified atom stereocenters. The second-order valence-corrected chi connectivity index (χ2v) is 7.00. The van der Waals surface area contributed by atoms with Crippen LogP contribution in [0.25, 0.3) is 11.2 Å². The van der Waals surface area contributed by atoms with Crippen LogP contribution in [0.5, 0.6) is 0 Å². The van der Waals surface area contributed by atoms with Crippen LogP contribution in [0.4, 0.5) is 5.82 Å². The first-order valence-electron chi connectivity index (χ1n) is 6.65. The molecule has 1 fully saturated rings. The van der Waals surface area contributed by atoms with Crippen LogP contribution in [0.15, 0.2) is 12.7 Å². The molecule has 0 bridgehead atoms. The van der Waals surface area contributed by atoms with Gasteiger partial charge in [0.15, 0.2) is 17.7 Å². The van der Waals surface area contributed by atoms with Gasteiger partial charge in [0.1, 0.15) is 37.8 Å². The number of nitrogens with two attached hydrogens (primary N) is 1. The molecule has 1 aliphatic heterocycles. The summed E-state index contributed by atoms with van der Waals surface area (Å²) in [5, 5.41) is 20.2. The molecule has 24 heavy (non-hydrogen) atoms. The molecule has 1 saturated heterocycles. The average molecular weight is 367 g/mol. The molecule has 1 aliphatic rings. The van der Waals surface area contributed by atoms with Gasteiger partial charge in [-0.05, 0) is 0 Å². The second kappa shape index (κ2) is 7.32. The van der Waals surface area contributed by atoms with Crippen molar-refractivity contribution in [2.24, 2.45) is 0 Å². The largest absolute Gasteiger partial charge is 1.00 e. The van der Waals surface area contributed by atoms with Crippen LogP contribution < -0.4 is 40.2 Å². The van der Waals surface area contributed by atoms with Crippen LogP contribution in [0, 0.1) is 0 Å². The Bertz CT molecular complexity index is 768. The van der Waals surface area contributed by atoms with Gasteiger partial charge in [0.2, 0.25) is 0 Å². The number of rotatable bonds is 4. The Morgan fingerprint density at radius 1 is 1.42 bits per heavy atom. The van der Waals surface area contributed by atoms with Crippen molar-refractivity contribution in [1.29, 1.82) is 0 Å². The van der Waals surface area contributed by atoms with Crippen molar-refractivity contribution in [3.63, 3.8) is 0 Å². The molecule has 0 amide bonds. The van der Waals surface area contributed by atoms with Crippen molar-refractivity contribution in [1.82, 2.24) is 19.5 Å². The number of aliphatic hydroxyl groups excluding tert-OH is 2. The van der Waals surface area contributed by atoms with Gasteiger partial charge in [-0.2, -0.15) is 0 Å². The standard InChI is InChI=1S/C11H16N5O6P.Na/c1-23(19,20)21-2-5-7(17)8(18)11(22-5)16-4-15-6-9(12)13-3-14-10(6)16;/h3-5,7-8,11,17-18H,2H2,1H3,(H,19,20)(H2,12,13,14);/q;+1/p-1/t5-,7-,8-,11-;/m1./s1. The zero-order valence-corrected chi connectivity index (χ0v) is 15.9. The SMILES string of the molecule is CP(=O)([O-])OC[C@H]1O[C@@H](n2cnc3c(N)ncnc32)[C@H](O)[C@@H]1O.[Na+]. The van der Waals surface area contributed by atoms with Gasteiger partial charge in [-0.15, -0.1) is 0 Å². The van der Waals surface area contributed by atoms with Gasteiger partial charge in [-0.1, -0.05) is 0 Å². The minimum Gasteiger partial charge on any atom is -0.779 e. The fourth-order valence-electron chi connectivity index (χ4n) is 2.36. The number of aromatic nitrogens is 4. The van der Waals surface area contributed by atoms with Crippen LogP contribution >= 0.6 is 7.60 Å². The van der Waals surface area contributed by atoms with E-state index in [1.54, 1.807) is 0 Å². The maximum absolute atomic E-state index is 11.1. The van der Waals surface area contributed by atoms with E-state index in [4.69, 9.17) is 10.5 Å². The minimum absolute atomic E-state index is 0. The van der Waals surface area contributed by atoms with Crippen molar-refractivity contribution in [3.05, 3.63) is 12.7 Å². The Morgan fingerprint density at radius 2 is 2.12 bits per heavy atom. The fraction of sp³-hybridized carbons (Fsp3) is 0.545. The van der Waals surface area contributed by atoms with Crippen LogP contribution in [-0.2, 0) is 13.8 Å². The zero-order chi connectivity index (χ0) is 16.8. The Labute approximate surface area is 158 Å². The first-order chi connectivity index (χ1) is 10.8. The quantitative estimate of drug-likeness (QED) is 0.352. The number of imidazole rings is 1. The van der Waals surface area contributed by atoms with Crippen LogP contribution in [-0.4, -0.2) is 61.3 Å². The summed E-state index contributed by atoms with van der Waals surface area (Å²) in [5.41, 5.74) is 6.34. The normalized spacial score (nSPS) is 29.3. The number of fused-ring (bicyclic) bond motifs is 1. The maximum Gasteiger partial charge on any atom is 1.00 e. The summed E-state index contributed by atoms with van der Waals surface area (Å²) < 4.78 is 22.6. The molecule has 4 N–H and O–H groups in total. The van der Waals surface area contributed by atoms with Gasteiger partial charge in [0.25, 0.3) is 0 Å². The molecule has 0 saturated carbocycles. The number of anilines is 1. The van der Waals surface area contributed by atoms with E-state index in [2.05, 4.69) is 19.5 Å². The molecule has 0 aliphatic carbocycles. The van der Waals surface area contributed by atoms with E-state index in [1.165, 1.54) is 17.2 Å². The molecule has 3 heterocycles. The number of nitrogens with zero attached hydrogens (tertiary/aromatic N) is 4. The van der Waals surface area contributed by atoms with E-state index in [0.29, 0.717) is 11.2 Å². The minimum atomic E-state index is -3.97. The second-order valence-electron chi connectivity index (χ2n) is 5.20. The number of hydrogen-bond acceptors (Lipinski definition) is 10. The van der Waals surface area contributed by atoms with Crippen molar-refractivity contribution in [2.75, 3.05) is 19.0 Å². The van der Waals surface area contributed by atoms with Crippen molar-refractivity contribution in [2.45, 2.75) is 24.5 Å². The number of aliphatic hydroxyl groups is 2. The van der Waals surface area contributed by atoms with Gasteiger partial charge >= 0.3 is 29.6 Å². The summed E-state index contributed by atoms with van der Waals surface area (Å²) in [4.78, 5) is 22.9. The van der Waals surface area contributed by atoms with Gasteiger partial charge in [-0.3, -0.25) is 4.57 Å². The topological polar surface area (TPSA) is 169 Å². The first-order valence-corrected chi connectivity index (χ1v) is 8.64. The summed E-state index contributed by atoms with van der Waals surface area (Å²) in [6.45, 7) is 0.501. The van der Waals surface area contributed by atoms with Crippen LogP contribution in [0.2, 0.25) is 0 Å². The fourth-order valence-corrected chi connectivity index (χ4v) is 2.78. The van der Waals surface area contributed by atoms with E-state index >= 15 is 0 Å². The molecule has 0 spiro atoms. The van der Waals surface area contributed by atoms with E-state index in [-0.39, 0.29) is 35.4 Å².